The van der Waals surface area contributed by atoms with Gasteiger partial charge in [0, 0.05) is 30.9 Å². The number of aromatic amines is 1. The van der Waals surface area contributed by atoms with E-state index in [1.54, 1.807) is 30.4 Å². The van der Waals surface area contributed by atoms with Crippen molar-refractivity contribution in [3.8, 4) is 0 Å². The molecule has 19 heavy (non-hydrogen) atoms. The number of hydrazine groups is 1. The van der Waals surface area contributed by atoms with Gasteiger partial charge in [0.2, 0.25) is 0 Å². The molecule has 0 atom stereocenters. The molecule has 0 bridgehead atoms. The van der Waals surface area contributed by atoms with Gasteiger partial charge in [0.05, 0.1) is 6.20 Å². The molecule has 0 unspecified atom stereocenters. The zero-order valence-electron chi connectivity index (χ0n) is 10.2. The molecular weight excluding hydrogens is 268 g/mol. The fraction of sp³-hybridized carbons (Fsp3) is 0.182. The van der Waals surface area contributed by atoms with Crippen LogP contribution in [0.4, 0.5) is 5.82 Å². The van der Waals surface area contributed by atoms with Crippen LogP contribution in [0.2, 0.25) is 5.15 Å². The van der Waals surface area contributed by atoms with Gasteiger partial charge in [0.15, 0.2) is 0 Å². The summed E-state index contributed by atoms with van der Waals surface area (Å²) in [5.41, 5.74) is 3.69. The van der Waals surface area contributed by atoms with E-state index in [1.807, 2.05) is 0 Å². The number of carbonyl (C=O) groups excluding carboxylic acids is 1. The quantitative estimate of drug-likeness (QED) is 0.441. The SMILES string of the molecule is CN(Cc1cn[nH]c1)C(=O)c1cc(Cl)nc(NN)c1. The molecule has 2 heterocycles. The van der Waals surface area contributed by atoms with Gasteiger partial charge in [-0.1, -0.05) is 11.6 Å². The van der Waals surface area contributed by atoms with Crippen LogP contribution in [0.3, 0.4) is 0 Å². The number of hydrogen-bond donors (Lipinski definition) is 3. The van der Waals surface area contributed by atoms with Crippen LogP contribution in [-0.4, -0.2) is 33.0 Å². The fourth-order valence-electron chi connectivity index (χ4n) is 1.62. The van der Waals surface area contributed by atoms with Crippen molar-refractivity contribution < 1.29 is 4.79 Å². The molecule has 2 aromatic heterocycles. The van der Waals surface area contributed by atoms with Gasteiger partial charge >= 0.3 is 0 Å². The Balaban J connectivity index is 2.16. The molecule has 1 amide bonds. The topological polar surface area (TPSA) is 99.9 Å². The first-order valence-corrected chi connectivity index (χ1v) is 5.85. The lowest BCUT2D eigenvalue weighted by atomic mass is 10.2. The van der Waals surface area contributed by atoms with Gasteiger partial charge in [-0.2, -0.15) is 5.10 Å². The fourth-order valence-corrected chi connectivity index (χ4v) is 1.83. The minimum absolute atomic E-state index is 0.179. The van der Waals surface area contributed by atoms with Crippen molar-refractivity contribution in [1.29, 1.82) is 0 Å². The molecule has 7 nitrogen and oxygen atoms in total. The van der Waals surface area contributed by atoms with Gasteiger partial charge in [0.25, 0.3) is 5.91 Å². The first kappa shape index (κ1) is 13.3. The number of carbonyl (C=O) groups is 1. The lowest BCUT2D eigenvalue weighted by Gasteiger charge is -2.16. The van der Waals surface area contributed by atoms with Gasteiger partial charge in [-0.3, -0.25) is 9.89 Å². The molecule has 4 N–H and O–H groups in total. The highest BCUT2D eigenvalue weighted by molar-refractivity contribution is 6.29. The number of rotatable bonds is 4. The van der Waals surface area contributed by atoms with E-state index in [2.05, 4.69) is 20.6 Å². The average Bonchev–Trinajstić information content (AvgIpc) is 2.89. The van der Waals surface area contributed by atoms with Crippen LogP contribution in [0.25, 0.3) is 0 Å². The zero-order valence-corrected chi connectivity index (χ0v) is 11.0. The smallest absolute Gasteiger partial charge is 0.254 e. The van der Waals surface area contributed by atoms with E-state index < -0.39 is 0 Å². The van der Waals surface area contributed by atoms with E-state index in [4.69, 9.17) is 17.4 Å². The van der Waals surface area contributed by atoms with Crippen molar-refractivity contribution in [2.75, 3.05) is 12.5 Å². The zero-order chi connectivity index (χ0) is 13.8. The second-order valence-electron chi connectivity index (χ2n) is 3.98. The minimum Gasteiger partial charge on any atom is -0.337 e. The molecule has 2 rings (SSSR count). The van der Waals surface area contributed by atoms with E-state index in [0.717, 1.165) is 5.56 Å². The Morgan fingerprint density at radius 1 is 1.58 bits per heavy atom. The summed E-state index contributed by atoms with van der Waals surface area (Å²) < 4.78 is 0. The van der Waals surface area contributed by atoms with Crippen LogP contribution in [0.15, 0.2) is 24.5 Å². The van der Waals surface area contributed by atoms with E-state index in [1.165, 1.54) is 6.07 Å². The van der Waals surface area contributed by atoms with E-state index in [9.17, 15) is 4.79 Å². The largest absolute Gasteiger partial charge is 0.337 e. The van der Waals surface area contributed by atoms with E-state index in [-0.39, 0.29) is 11.1 Å². The molecule has 0 fully saturated rings. The van der Waals surface area contributed by atoms with Gasteiger partial charge in [-0.05, 0) is 12.1 Å². The van der Waals surface area contributed by atoms with Crippen molar-refractivity contribution in [2.45, 2.75) is 6.54 Å². The third-order valence-electron chi connectivity index (χ3n) is 2.51. The number of H-pyrrole nitrogens is 1. The summed E-state index contributed by atoms with van der Waals surface area (Å²) in [5, 5.41) is 6.73. The number of pyridine rings is 1. The molecule has 2 aromatic rings. The van der Waals surface area contributed by atoms with Gasteiger partial charge in [-0.15, -0.1) is 0 Å². The molecule has 0 aliphatic heterocycles. The number of aromatic nitrogens is 3. The lowest BCUT2D eigenvalue weighted by Crippen LogP contribution is -2.26. The van der Waals surface area contributed by atoms with Crippen LogP contribution < -0.4 is 11.3 Å². The summed E-state index contributed by atoms with van der Waals surface area (Å²) in [5.74, 6) is 5.43. The minimum atomic E-state index is -0.179. The first-order valence-electron chi connectivity index (χ1n) is 5.47. The predicted octanol–water partition coefficient (Wildman–Crippen LogP) is 1.02. The molecule has 0 aliphatic carbocycles. The van der Waals surface area contributed by atoms with Crippen LogP contribution in [0.1, 0.15) is 15.9 Å². The Kier molecular flexibility index (Phi) is 3.98. The Bertz CT molecular complexity index is 571. The molecule has 0 aromatic carbocycles. The Morgan fingerprint density at radius 3 is 3.00 bits per heavy atom. The molecule has 0 spiro atoms. The van der Waals surface area contributed by atoms with Crippen LogP contribution in [-0.2, 0) is 6.54 Å². The van der Waals surface area contributed by atoms with Crippen molar-refractivity contribution in [2.24, 2.45) is 5.84 Å². The summed E-state index contributed by atoms with van der Waals surface area (Å²) in [6, 6.07) is 3.04. The van der Waals surface area contributed by atoms with E-state index >= 15 is 0 Å². The first-order chi connectivity index (χ1) is 9.10. The predicted molar refractivity (Wildman–Crippen MR) is 71.4 cm³/mol. The lowest BCUT2D eigenvalue weighted by molar-refractivity contribution is 0.0785. The molecule has 0 aliphatic rings. The summed E-state index contributed by atoms with van der Waals surface area (Å²) in [6.07, 6.45) is 3.40. The number of nitrogens with one attached hydrogen (secondary N) is 2. The Morgan fingerprint density at radius 2 is 2.37 bits per heavy atom. The number of amides is 1. The van der Waals surface area contributed by atoms with Crippen molar-refractivity contribution in [3.63, 3.8) is 0 Å². The number of anilines is 1. The van der Waals surface area contributed by atoms with Crippen molar-refractivity contribution >= 4 is 23.3 Å². The van der Waals surface area contributed by atoms with Crippen LogP contribution >= 0.6 is 11.6 Å². The molecule has 8 heteroatoms. The summed E-state index contributed by atoms with van der Waals surface area (Å²) >= 11 is 5.83. The Labute approximate surface area is 114 Å². The highest BCUT2D eigenvalue weighted by Crippen LogP contribution is 2.16. The molecule has 100 valence electrons. The maximum atomic E-state index is 12.2. The number of halogens is 1. The van der Waals surface area contributed by atoms with Gasteiger partial charge in [0.1, 0.15) is 11.0 Å². The summed E-state index contributed by atoms with van der Waals surface area (Å²) in [6.45, 7) is 0.445. The molecule has 0 saturated carbocycles. The number of nitrogens with two attached hydrogens (primary N) is 1. The number of hydrogen-bond acceptors (Lipinski definition) is 5. The van der Waals surface area contributed by atoms with Crippen LogP contribution in [0.5, 0.6) is 0 Å². The molecule has 0 radical (unpaired) electrons. The van der Waals surface area contributed by atoms with Crippen molar-refractivity contribution in [1.82, 2.24) is 20.1 Å². The van der Waals surface area contributed by atoms with Crippen molar-refractivity contribution in [3.05, 3.63) is 40.8 Å². The maximum absolute atomic E-state index is 12.2. The third kappa shape index (κ3) is 3.21. The van der Waals surface area contributed by atoms with E-state index in [0.29, 0.717) is 17.9 Å². The second kappa shape index (κ2) is 5.68. The number of nitrogen functional groups attached to an aromatic ring is 1. The standard InChI is InChI=1S/C11H13ClN6O/c1-18(6-7-4-14-15-5-7)11(19)8-2-9(12)16-10(3-8)17-13/h2-5H,6,13H2,1H3,(H,14,15)(H,16,17). The molecule has 0 saturated heterocycles. The maximum Gasteiger partial charge on any atom is 0.254 e. The number of nitrogens with zero attached hydrogens (tertiary/aromatic N) is 3. The summed E-state index contributed by atoms with van der Waals surface area (Å²) in [7, 11) is 1.69. The van der Waals surface area contributed by atoms with Crippen LogP contribution in [0, 0.1) is 0 Å². The monoisotopic (exact) mass is 280 g/mol. The average molecular weight is 281 g/mol. The van der Waals surface area contributed by atoms with Gasteiger partial charge < -0.3 is 10.3 Å². The highest BCUT2D eigenvalue weighted by atomic mass is 35.5. The third-order valence-corrected chi connectivity index (χ3v) is 2.70. The molecular formula is C11H13ClN6O. The second-order valence-corrected chi connectivity index (χ2v) is 4.36. The Hall–Kier alpha value is -2.12. The normalized spacial score (nSPS) is 10.3. The highest BCUT2D eigenvalue weighted by Gasteiger charge is 2.14. The van der Waals surface area contributed by atoms with Gasteiger partial charge in [-0.25, -0.2) is 10.8 Å². The summed E-state index contributed by atoms with van der Waals surface area (Å²) in [4.78, 5) is 17.7.